The van der Waals surface area contributed by atoms with Crippen LogP contribution in [0.1, 0.15) is 36.7 Å². The highest BCUT2D eigenvalue weighted by Crippen LogP contribution is 2.36. The van der Waals surface area contributed by atoms with Crippen LogP contribution >= 0.6 is 0 Å². The number of sulfonamides is 1. The van der Waals surface area contributed by atoms with E-state index in [0.29, 0.717) is 11.3 Å². The monoisotopic (exact) mass is 267 g/mol. The molecule has 0 radical (unpaired) electrons. The molecule has 1 aliphatic rings. The first kappa shape index (κ1) is 12.8. The molecule has 0 aromatic heterocycles. The van der Waals surface area contributed by atoms with Crippen molar-refractivity contribution in [2.24, 2.45) is 9.81 Å². The fourth-order valence-corrected chi connectivity index (χ4v) is 3.51. The smallest absolute Gasteiger partial charge is 0.337 e. The van der Waals surface area contributed by atoms with E-state index in [-0.39, 0.29) is 10.5 Å². The van der Waals surface area contributed by atoms with E-state index < -0.39 is 21.4 Å². The van der Waals surface area contributed by atoms with Crippen LogP contribution in [-0.2, 0) is 10.0 Å². The maximum absolute atomic E-state index is 12.0. The van der Waals surface area contributed by atoms with Gasteiger partial charge in [-0.3, -0.25) is 0 Å². The average Bonchev–Trinajstić information content (AvgIpc) is 2.50. The molecule has 1 aromatic carbocycles. The Bertz CT molecular complexity index is 666. The largest absolute Gasteiger partial charge is 0.478 e. The van der Waals surface area contributed by atoms with Crippen LogP contribution in [-0.4, -0.2) is 25.2 Å². The number of carboxylic acid groups (broad SMARTS) is 1. The second-order valence-electron chi connectivity index (χ2n) is 5.15. The molecule has 5 nitrogen and oxygen atoms in total. The van der Waals surface area contributed by atoms with Crippen molar-refractivity contribution < 1.29 is 18.3 Å². The van der Waals surface area contributed by atoms with Gasteiger partial charge in [-0.1, -0.05) is 32.9 Å². The number of fused-ring (bicyclic) bond motifs is 1. The van der Waals surface area contributed by atoms with Gasteiger partial charge in [0.2, 0.25) is 0 Å². The first-order valence-electron chi connectivity index (χ1n) is 5.37. The molecule has 1 N–H and O–H groups in total. The molecule has 96 valence electrons. The maximum Gasteiger partial charge on any atom is 0.337 e. The lowest BCUT2D eigenvalue weighted by atomic mass is 9.85. The molecule has 0 saturated carbocycles. The first-order chi connectivity index (χ1) is 8.14. The predicted octanol–water partition coefficient (Wildman–Crippen LogP) is 1.92. The molecule has 0 atom stereocenters. The Morgan fingerprint density at radius 3 is 2.39 bits per heavy atom. The molecule has 6 heteroatoms. The zero-order valence-corrected chi connectivity index (χ0v) is 11.1. The van der Waals surface area contributed by atoms with Crippen LogP contribution in [0.5, 0.6) is 0 Å². The Balaban J connectivity index is 2.83. The van der Waals surface area contributed by atoms with E-state index in [1.165, 1.54) is 12.1 Å². The van der Waals surface area contributed by atoms with Gasteiger partial charge < -0.3 is 5.11 Å². The van der Waals surface area contributed by atoms with Crippen molar-refractivity contribution in [3.05, 3.63) is 29.3 Å². The van der Waals surface area contributed by atoms with Crippen molar-refractivity contribution in [2.45, 2.75) is 25.7 Å². The zero-order valence-electron chi connectivity index (χ0n) is 10.3. The summed E-state index contributed by atoms with van der Waals surface area (Å²) in [5.74, 6) is -1.26. The van der Waals surface area contributed by atoms with Crippen molar-refractivity contribution in [3.63, 3.8) is 0 Å². The molecule has 1 aromatic rings. The highest BCUT2D eigenvalue weighted by molar-refractivity contribution is 7.90. The van der Waals surface area contributed by atoms with Crippen LogP contribution in [0.2, 0.25) is 0 Å². The molecule has 18 heavy (non-hydrogen) atoms. The quantitative estimate of drug-likeness (QED) is 0.842. The fraction of sp³-hybridized carbons (Fsp3) is 0.333. The van der Waals surface area contributed by atoms with Crippen molar-refractivity contribution in [1.29, 1.82) is 0 Å². The van der Waals surface area contributed by atoms with E-state index in [1.54, 1.807) is 6.07 Å². The summed E-state index contributed by atoms with van der Waals surface area (Å²) < 4.78 is 27.7. The third-order valence-corrected chi connectivity index (χ3v) is 4.06. The van der Waals surface area contributed by atoms with Crippen LogP contribution in [0.3, 0.4) is 0 Å². The number of carboxylic acids is 1. The molecule has 1 aliphatic heterocycles. The lowest BCUT2D eigenvalue weighted by Gasteiger charge is -2.18. The van der Waals surface area contributed by atoms with Crippen molar-refractivity contribution in [3.8, 4) is 0 Å². The van der Waals surface area contributed by atoms with Crippen LogP contribution in [0.4, 0.5) is 0 Å². The lowest BCUT2D eigenvalue weighted by Crippen LogP contribution is -2.20. The SMILES string of the molecule is CC(C)(C)C1=NS(=O)(=O)c2c(C(=O)O)cccc21. The number of nitrogens with zero attached hydrogens (tertiary/aromatic N) is 1. The Kier molecular flexibility index (Phi) is 2.59. The highest BCUT2D eigenvalue weighted by Gasteiger charge is 2.37. The Morgan fingerprint density at radius 1 is 1.28 bits per heavy atom. The number of hydrogen-bond donors (Lipinski definition) is 1. The molecule has 0 amide bonds. The number of rotatable bonds is 1. The van der Waals surface area contributed by atoms with E-state index in [4.69, 9.17) is 5.11 Å². The molecule has 2 rings (SSSR count). The van der Waals surface area contributed by atoms with Crippen LogP contribution < -0.4 is 0 Å². The third-order valence-electron chi connectivity index (χ3n) is 2.68. The third kappa shape index (κ3) is 1.82. The Hall–Kier alpha value is -1.69. The van der Waals surface area contributed by atoms with Crippen LogP contribution in [0, 0.1) is 5.41 Å². The number of aromatic carboxylic acids is 1. The molecule has 0 bridgehead atoms. The molecular weight excluding hydrogens is 254 g/mol. The number of benzene rings is 1. The van der Waals surface area contributed by atoms with E-state index in [0.717, 1.165) is 0 Å². The van der Waals surface area contributed by atoms with Gasteiger partial charge in [0, 0.05) is 11.0 Å². The topological polar surface area (TPSA) is 83.8 Å². The van der Waals surface area contributed by atoms with Crippen LogP contribution in [0.15, 0.2) is 27.5 Å². The summed E-state index contributed by atoms with van der Waals surface area (Å²) in [6.07, 6.45) is 0. The van der Waals surface area contributed by atoms with Gasteiger partial charge in [0.1, 0.15) is 4.90 Å². The van der Waals surface area contributed by atoms with Gasteiger partial charge in [-0.2, -0.15) is 12.8 Å². The normalized spacial score (nSPS) is 17.2. The van der Waals surface area contributed by atoms with Crippen LogP contribution in [0.25, 0.3) is 0 Å². The Labute approximate surface area is 105 Å². The molecule has 0 unspecified atom stereocenters. The number of carbonyl (C=O) groups is 1. The summed E-state index contributed by atoms with van der Waals surface area (Å²) in [7, 11) is -3.91. The van der Waals surface area contributed by atoms with Gasteiger partial charge in [0.15, 0.2) is 0 Å². The molecular formula is C12H13NO4S. The molecule has 0 aliphatic carbocycles. The first-order valence-corrected chi connectivity index (χ1v) is 6.81. The van der Waals surface area contributed by atoms with E-state index in [2.05, 4.69) is 4.40 Å². The molecule has 0 spiro atoms. The second-order valence-corrected chi connectivity index (χ2v) is 6.69. The molecule has 0 fully saturated rings. The Morgan fingerprint density at radius 2 is 1.89 bits per heavy atom. The van der Waals surface area contributed by atoms with E-state index in [1.807, 2.05) is 20.8 Å². The van der Waals surface area contributed by atoms with Gasteiger partial charge in [0.25, 0.3) is 10.0 Å². The summed E-state index contributed by atoms with van der Waals surface area (Å²) in [6, 6.07) is 4.40. The minimum Gasteiger partial charge on any atom is -0.478 e. The van der Waals surface area contributed by atoms with Gasteiger partial charge in [0.05, 0.1) is 11.3 Å². The summed E-state index contributed by atoms with van der Waals surface area (Å²) in [4.78, 5) is 10.9. The van der Waals surface area contributed by atoms with E-state index in [9.17, 15) is 13.2 Å². The highest BCUT2D eigenvalue weighted by atomic mass is 32.2. The van der Waals surface area contributed by atoms with Gasteiger partial charge >= 0.3 is 5.97 Å². The second kappa shape index (κ2) is 3.65. The van der Waals surface area contributed by atoms with E-state index >= 15 is 0 Å². The summed E-state index contributed by atoms with van der Waals surface area (Å²) in [5.41, 5.74) is 0.105. The number of hydrogen-bond acceptors (Lipinski definition) is 3. The molecule has 1 heterocycles. The van der Waals surface area contributed by atoms with Crippen molar-refractivity contribution in [1.82, 2.24) is 0 Å². The fourth-order valence-electron chi connectivity index (χ4n) is 1.93. The summed E-state index contributed by atoms with van der Waals surface area (Å²) in [5, 5.41) is 9.05. The van der Waals surface area contributed by atoms with Gasteiger partial charge in [-0.15, -0.1) is 0 Å². The zero-order chi connectivity index (χ0) is 13.7. The minimum absolute atomic E-state index is 0.192. The molecule has 0 saturated heterocycles. The van der Waals surface area contributed by atoms with Crippen molar-refractivity contribution in [2.75, 3.05) is 0 Å². The summed E-state index contributed by atoms with van der Waals surface area (Å²) >= 11 is 0. The van der Waals surface area contributed by atoms with Gasteiger partial charge in [-0.05, 0) is 6.07 Å². The standard InChI is InChI=1S/C12H13NO4S/c1-12(2,3)10-7-5-4-6-8(11(14)15)9(7)18(16,17)13-10/h4-6H,1-3H3,(H,14,15). The van der Waals surface area contributed by atoms with Gasteiger partial charge in [-0.25, -0.2) is 4.79 Å². The summed E-state index contributed by atoms with van der Waals surface area (Å²) in [6.45, 7) is 5.51. The van der Waals surface area contributed by atoms with Crippen molar-refractivity contribution >= 4 is 21.7 Å². The minimum atomic E-state index is -3.91. The average molecular weight is 267 g/mol. The lowest BCUT2D eigenvalue weighted by molar-refractivity contribution is 0.0692. The maximum atomic E-state index is 12.0. The predicted molar refractivity (Wildman–Crippen MR) is 66.6 cm³/mol.